The van der Waals surface area contributed by atoms with E-state index in [1.54, 1.807) is 31.4 Å². The molecular weight excluding hydrogens is 464 g/mol. The van der Waals surface area contributed by atoms with E-state index in [2.05, 4.69) is 4.74 Å². The summed E-state index contributed by atoms with van der Waals surface area (Å²) >= 11 is 0. The first kappa shape index (κ1) is 25.4. The number of rotatable bonds is 9. The highest BCUT2D eigenvalue weighted by molar-refractivity contribution is 5.84. The van der Waals surface area contributed by atoms with E-state index in [1.807, 2.05) is 18.2 Å². The molecule has 0 bridgehead atoms. The van der Waals surface area contributed by atoms with Crippen LogP contribution in [0.3, 0.4) is 0 Å². The van der Waals surface area contributed by atoms with E-state index in [0.717, 1.165) is 36.0 Å². The first-order valence-corrected chi connectivity index (χ1v) is 11.6. The number of halogens is 4. The van der Waals surface area contributed by atoms with Crippen LogP contribution in [0.25, 0.3) is 10.8 Å². The zero-order valence-electron chi connectivity index (χ0n) is 19.4. The van der Waals surface area contributed by atoms with E-state index in [4.69, 9.17) is 14.2 Å². The second-order valence-electron chi connectivity index (χ2n) is 8.71. The average Bonchev–Trinajstić information content (AvgIpc) is 2.84. The minimum atomic E-state index is -4.72. The average molecular weight is 493 g/mol. The van der Waals surface area contributed by atoms with Gasteiger partial charge in [0, 0.05) is 30.6 Å². The van der Waals surface area contributed by atoms with Crippen molar-refractivity contribution in [3.8, 4) is 5.75 Å². The van der Waals surface area contributed by atoms with Gasteiger partial charge in [-0.15, -0.1) is 13.2 Å². The van der Waals surface area contributed by atoms with E-state index in [0.29, 0.717) is 42.9 Å². The Kier molecular flexibility index (Phi) is 8.26. The molecule has 1 fully saturated rings. The van der Waals surface area contributed by atoms with Crippen LogP contribution in [0.5, 0.6) is 5.75 Å². The Bertz CT molecular complexity index is 1110. The van der Waals surface area contributed by atoms with Crippen LogP contribution in [0.15, 0.2) is 54.6 Å². The predicted octanol–water partition coefficient (Wildman–Crippen LogP) is 6.75. The molecule has 8 heteroatoms. The maximum absolute atomic E-state index is 15.2. The molecular formula is C27H28F4O4. The number of methoxy groups -OCH3 is 1. The summed E-state index contributed by atoms with van der Waals surface area (Å²) in [5, 5.41) is 1.26. The van der Waals surface area contributed by atoms with Crippen LogP contribution in [-0.2, 0) is 27.1 Å². The molecule has 0 aromatic heterocycles. The van der Waals surface area contributed by atoms with E-state index in [9.17, 15) is 13.2 Å². The van der Waals surface area contributed by atoms with Crippen molar-refractivity contribution in [3.63, 3.8) is 0 Å². The first-order valence-electron chi connectivity index (χ1n) is 11.6. The third-order valence-electron chi connectivity index (χ3n) is 6.10. The van der Waals surface area contributed by atoms with E-state index < -0.39 is 12.7 Å². The second-order valence-corrected chi connectivity index (χ2v) is 8.71. The van der Waals surface area contributed by atoms with Crippen molar-refractivity contribution in [2.45, 2.75) is 38.3 Å². The SMILES string of the molecule is COCCCC1COC(c2ccc3c(F)c(CCc4ccc(OC(F)(F)F)cc4)ccc3c2)OC1. The lowest BCUT2D eigenvalue weighted by Gasteiger charge is -2.29. The number of hydrogen-bond acceptors (Lipinski definition) is 4. The molecule has 0 atom stereocenters. The van der Waals surface area contributed by atoms with Gasteiger partial charge >= 0.3 is 6.36 Å². The fourth-order valence-corrected chi connectivity index (χ4v) is 4.25. The molecule has 35 heavy (non-hydrogen) atoms. The molecule has 0 unspecified atom stereocenters. The van der Waals surface area contributed by atoms with Crippen molar-refractivity contribution in [2.75, 3.05) is 26.9 Å². The number of benzene rings is 3. The van der Waals surface area contributed by atoms with Crippen molar-refractivity contribution < 1.29 is 36.5 Å². The Morgan fingerprint density at radius 2 is 1.69 bits per heavy atom. The minimum Gasteiger partial charge on any atom is -0.406 e. The van der Waals surface area contributed by atoms with Gasteiger partial charge in [0.15, 0.2) is 6.29 Å². The zero-order chi connectivity index (χ0) is 24.8. The van der Waals surface area contributed by atoms with Crippen LogP contribution in [0.4, 0.5) is 17.6 Å². The molecule has 4 rings (SSSR count). The van der Waals surface area contributed by atoms with Gasteiger partial charge in [-0.05, 0) is 60.4 Å². The molecule has 0 spiro atoms. The summed E-state index contributed by atoms with van der Waals surface area (Å²) in [7, 11) is 1.69. The standard InChI is InChI=1S/C27H28F4O4/c1-32-14-2-3-19-16-33-26(34-17-19)22-10-13-24-21(15-22)9-8-20(25(24)28)7-4-18-5-11-23(12-6-18)35-27(29,30)31/h5-6,8-13,15,19,26H,2-4,7,14,16-17H2,1H3. The van der Waals surface area contributed by atoms with Crippen molar-refractivity contribution in [2.24, 2.45) is 5.92 Å². The molecule has 0 aliphatic carbocycles. The quantitative estimate of drug-likeness (QED) is 0.245. The lowest BCUT2D eigenvalue weighted by molar-refractivity contribution is -0.274. The molecule has 0 radical (unpaired) electrons. The highest BCUT2D eigenvalue weighted by atomic mass is 19.4. The van der Waals surface area contributed by atoms with E-state index in [1.165, 1.54) is 12.1 Å². The third-order valence-corrected chi connectivity index (χ3v) is 6.10. The molecule has 3 aromatic carbocycles. The highest BCUT2D eigenvalue weighted by Crippen LogP contribution is 2.31. The normalized spacial score (nSPS) is 18.7. The topological polar surface area (TPSA) is 36.9 Å². The van der Waals surface area contributed by atoms with Gasteiger partial charge in [0.05, 0.1) is 13.2 Å². The second kappa shape index (κ2) is 11.4. The highest BCUT2D eigenvalue weighted by Gasteiger charge is 2.31. The van der Waals surface area contributed by atoms with Gasteiger partial charge in [0.1, 0.15) is 11.6 Å². The number of aryl methyl sites for hydroxylation is 2. The summed E-state index contributed by atoms with van der Waals surface area (Å²) < 4.78 is 72.9. The molecule has 4 nitrogen and oxygen atoms in total. The lowest BCUT2D eigenvalue weighted by Crippen LogP contribution is -2.27. The lowest BCUT2D eigenvalue weighted by atomic mass is 9.98. The summed E-state index contributed by atoms with van der Waals surface area (Å²) in [6, 6.07) is 14.7. The van der Waals surface area contributed by atoms with Gasteiger partial charge in [0.2, 0.25) is 0 Å². The molecule has 0 saturated carbocycles. The van der Waals surface area contributed by atoms with Crippen LogP contribution in [0.1, 0.15) is 35.8 Å². The summed E-state index contributed by atoms with van der Waals surface area (Å²) in [4.78, 5) is 0. The molecule has 1 aliphatic rings. The van der Waals surface area contributed by atoms with Gasteiger partial charge in [-0.1, -0.05) is 36.4 Å². The molecule has 3 aromatic rings. The van der Waals surface area contributed by atoms with Crippen LogP contribution in [-0.4, -0.2) is 33.3 Å². The molecule has 1 aliphatic heterocycles. The monoisotopic (exact) mass is 492 g/mol. The Labute approximate surface area is 201 Å². The van der Waals surface area contributed by atoms with E-state index in [-0.39, 0.29) is 11.6 Å². The van der Waals surface area contributed by atoms with Crippen molar-refractivity contribution in [3.05, 3.63) is 77.1 Å². The molecule has 1 saturated heterocycles. The Hall–Kier alpha value is -2.68. The number of ether oxygens (including phenoxy) is 4. The number of hydrogen-bond donors (Lipinski definition) is 0. The molecule has 188 valence electrons. The third kappa shape index (κ3) is 6.93. The molecule has 0 amide bonds. The largest absolute Gasteiger partial charge is 0.573 e. The van der Waals surface area contributed by atoms with Gasteiger partial charge in [-0.2, -0.15) is 0 Å². The van der Waals surface area contributed by atoms with Crippen LogP contribution in [0, 0.1) is 11.7 Å². The Morgan fingerprint density at radius 3 is 2.37 bits per heavy atom. The van der Waals surface area contributed by atoms with Crippen LogP contribution < -0.4 is 4.74 Å². The number of fused-ring (bicyclic) bond motifs is 1. The molecule has 1 heterocycles. The Balaban J connectivity index is 1.37. The van der Waals surface area contributed by atoms with Gasteiger partial charge in [-0.25, -0.2) is 4.39 Å². The van der Waals surface area contributed by atoms with Gasteiger partial charge in [-0.3, -0.25) is 0 Å². The summed E-state index contributed by atoms with van der Waals surface area (Å²) in [6.45, 7) is 1.95. The summed E-state index contributed by atoms with van der Waals surface area (Å²) in [5.74, 6) is -0.230. The summed E-state index contributed by atoms with van der Waals surface area (Å²) in [5.41, 5.74) is 2.19. The fourth-order valence-electron chi connectivity index (χ4n) is 4.25. The predicted molar refractivity (Wildman–Crippen MR) is 124 cm³/mol. The van der Waals surface area contributed by atoms with Crippen molar-refractivity contribution in [1.82, 2.24) is 0 Å². The minimum absolute atomic E-state index is 0.276. The van der Waals surface area contributed by atoms with Gasteiger partial charge < -0.3 is 18.9 Å². The first-order chi connectivity index (χ1) is 16.8. The summed E-state index contributed by atoms with van der Waals surface area (Å²) in [6.07, 6.45) is -2.34. The molecule has 0 N–H and O–H groups in total. The Morgan fingerprint density at radius 1 is 0.943 bits per heavy atom. The fraction of sp³-hybridized carbons (Fsp3) is 0.407. The van der Waals surface area contributed by atoms with Crippen LogP contribution in [0.2, 0.25) is 0 Å². The van der Waals surface area contributed by atoms with Crippen molar-refractivity contribution >= 4 is 10.8 Å². The number of alkyl halides is 3. The maximum atomic E-state index is 15.2. The maximum Gasteiger partial charge on any atom is 0.573 e. The van der Waals surface area contributed by atoms with Crippen molar-refractivity contribution in [1.29, 1.82) is 0 Å². The van der Waals surface area contributed by atoms with Gasteiger partial charge in [0.25, 0.3) is 0 Å². The van der Waals surface area contributed by atoms with Crippen LogP contribution >= 0.6 is 0 Å². The van der Waals surface area contributed by atoms with E-state index >= 15 is 4.39 Å². The zero-order valence-corrected chi connectivity index (χ0v) is 19.4. The smallest absolute Gasteiger partial charge is 0.406 e.